The first kappa shape index (κ1) is 15.1. The average Bonchev–Trinajstić information content (AvgIpc) is 2.46. The molecule has 1 aromatic heterocycles. The zero-order valence-electron chi connectivity index (χ0n) is 12.0. The van der Waals surface area contributed by atoms with Crippen molar-refractivity contribution in [2.24, 2.45) is 0 Å². The molecule has 0 amide bonds. The highest BCUT2D eigenvalue weighted by atomic mass is 19.4. The lowest BCUT2D eigenvalue weighted by Crippen LogP contribution is -2.38. The fraction of sp³-hybridized carbons (Fsp3) is 0.643. The van der Waals surface area contributed by atoms with E-state index in [1.54, 1.807) is 0 Å². The Hall–Kier alpha value is -1.30. The van der Waals surface area contributed by atoms with E-state index in [9.17, 15) is 13.2 Å². The van der Waals surface area contributed by atoms with Gasteiger partial charge < -0.3 is 10.1 Å². The molecule has 6 heteroatoms. The average molecular weight is 288 g/mol. The van der Waals surface area contributed by atoms with Crippen molar-refractivity contribution < 1.29 is 17.9 Å². The molecule has 0 saturated carbocycles. The van der Waals surface area contributed by atoms with E-state index in [2.05, 4.69) is 10.3 Å². The Morgan fingerprint density at radius 3 is 2.30 bits per heavy atom. The van der Waals surface area contributed by atoms with E-state index in [4.69, 9.17) is 4.74 Å². The lowest BCUT2D eigenvalue weighted by Gasteiger charge is -2.28. The highest BCUT2D eigenvalue weighted by molar-refractivity contribution is 5.43. The number of pyridine rings is 1. The molecule has 20 heavy (non-hydrogen) atoms. The number of hydrogen-bond donors (Lipinski definition) is 1. The summed E-state index contributed by atoms with van der Waals surface area (Å²) in [7, 11) is 0. The standard InChI is InChI=1S/C14H19F3N2O/c1-12(2)7-11(13(3,4)20-12)19-9-5-6-10(18-8-9)14(15,16)17/h5-6,8,11,19H,7H2,1-4H3. The minimum atomic E-state index is -4.41. The minimum absolute atomic E-state index is 0.0241. The quantitative estimate of drug-likeness (QED) is 0.897. The fourth-order valence-corrected chi connectivity index (χ4v) is 2.64. The van der Waals surface area contributed by atoms with E-state index < -0.39 is 11.9 Å². The fourth-order valence-electron chi connectivity index (χ4n) is 2.64. The first-order valence-electron chi connectivity index (χ1n) is 6.50. The van der Waals surface area contributed by atoms with Crippen molar-refractivity contribution in [3.05, 3.63) is 24.0 Å². The van der Waals surface area contributed by atoms with Crippen LogP contribution in [0.15, 0.2) is 18.3 Å². The molecule has 3 nitrogen and oxygen atoms in total. The van der Waals surface area contributed by atoms with E-state index in [0.717, 1.165) is 12.5 Å². The molecular weight excluding hydrogens is 269 g/mol. The maximum Gasteiger partial charge on any atom is 0.433 e. The van der Waals surface area contributed by atoms with Crippen molar-refractivity contribution in [1.29, 1.82) is 0 Å². The third-order valence-corrected chi connectivity index (χ3v) is 3.47. The second-order valence-corrected chi connectivity index (χ2v) is 6.30. The van der Waals surface area contributed by atoms with Gasteiger partial charge in [0.2, 0.25) is 0 Å². The second kappa shape index (κ2) is 4.62. The van der Waals surface area contributed by atoms with Crippen molar-refractivity contribution in [2.45, 2.75) is 57.5 Å². The summed E-state index contributed by atoms with van der Waals surface area (Å²) in [6.45, 7) is 7.94. The van der Waals surface area contributed by atoms with Gasteiger partial charge in [-0.15, -0.1) is 0 Å². The molecule has 112 valence electrons. The third kappa shape index (κ3) is 3.23. The lowest BCUT2D eigenvalue weighted by molar-refractivity contribution is -0.141. The molecular formula is C14H19F3N2O. The van der Waals surface area contributed by atoms with Gasteiger partial charge in [-0.1, -0.05) is 0 Å². The Labute approximate surface area is 116 Å². The molecule has 1 aromatic rings. The molecule has 1 unspecified atom stereocenters. The smallest absolute Gasteiger partial charge is 0.378 e. The molecule has 1 fully saturated rings. The van der Waals surface area contributed by atoms with Crippen LogP contribution in [0.5, 0.6) is 0 Å². The molecule has 2 rings (SSSR count). The van der Waals surface area contributed by atoms with Crippen molar-refractivity contribution in [3.8, 4) is 0 Å². The van der Waals surface area contributed by atoms with Gasteiger partial charge in [0, 0.05) is 0 Å². The van der Waals surface area contributed by atoms with Gasteiger partial charge in [-0.25, -0.2) is 4.98 Å². The van der Waals surface area contributed by atoms with Gasteiger partial charge in [0.15, 0.2) is 0 Å². The van der Waals surface area contributed by atoms with Crippen LogP contribution >= 0.6 is 0 Å². The Balaban J connectivity index is 2.11. The van der Waals surface area contributed by atoms with Gasteiger partial charge in [0.1, 0.15) is 5.69 Å². The summed E-state index contributed by atoms with van der Waals surface area (Å²) in [6.07, 6.45) is -2.42. The third-order valence-electron chi connectivity index (χ3n) is 3.47. The number of nitrogens with zero attached hydrogens (tertiary/aromatic N) is 1. The second-order valence-electron chi connectivity index (χ2n) is 6.30. The van der Waals surface area contributed by atoms with Gasteiger partial charge in [-0.2, -0.15) is 13.2 Å². The van der Waals surface area contributed by atoms with E-state index in [-0.39, 0.29) is 17.2 Å². The van der Waals surface area contributed by atoms with Crippen LogP contribution in [-0.2, 0) is 10.9 Å². The number of hydrogen-bond acceptors (Lipinski definition) is 3. The van der Waals surface area contributed by atoms with Crippen molar-refractivity contribution >= 4 is 5.69 Å². The molecule has 1 aliphatic heterocycles. The first-order chi connectivity index (χ1) is 9.00. The van der Waals surface area contributed by atoms with Crippen molar-refractivity contribution in [2.75, 3.05) is 5.32 Å². The summed E-state index contributed by atoms with van der Waals surface area (Å²) in [5.74, 6) is 0. The molecule has 0 spiro atoms. The van der Waals surface area contributed by atoms with Gasteiger partial charge in [-0.3, -0.25) is 0 Å². The number of ether oxygens (including phenoxy) is 1. The van der Waals surface area contributed by atoms with Crippen LogP contribution in [0.3, 0.4) is 0 Å². The summed E-state index contributed by atoms with van der Waals surface area (Å²) < 4.78 is 43.3. The maximum atomic E-state index is 12.4. The van der Waals surface area contributed by atoms with Gasteiger partial charge in [0.25, 0.3) is 0 Å². The van der Waals surface area contributed by atoms with Crippen LogP contribution in [0.4, 0.5) is 18.9 Å². The van der Waals surface area contributed by atoms with Gasteiger partial charge in [0.05, 0.1) is 29.1 Å². The van der Waals surface area contributed by atoms with Crippen LogP contribution in [0.1, 0.15) is 39.8 Å². The summed E-state index contributed by atoms with van der Waals surface area (Å²) in [6, 6.07) is 2.41. The van der Waals surface area contributed by atoms with E-state index in [1.165, 1.54) is 12.3 Å². The monoisotopic (exact) mass is 288 g/mol. The predicted molar refractivity (Wildman–Crippen MR) is 70.5 cm³/mol. The Morgan fingerprint density at radius 2 is 1.90 bits per heavy atom. The summed E-state index contributed by atoms with van der Waals surface area (Å²) in [5.41, 5.74) is -0.949. The molecule has 1 aliphatic rings. The van der Waals surface area contributed by atoms with Crippen LogP contribution in [0.2, 0.25) is 0 Å². The van der Waals surface area contributed by atoms with E-state index in [0.29, 0.717) is 5.69 Å². The molecule has 0 radical (unpaired) electrons. The number of rotatable bonds is 2. The molecule has 1 saturated heterocycles. The number of nitrogens with one attached hydrogen (secondary N) is 1. The normalized spacial score (nSPS) is 24.6. The molecule has 0 bridgehead atoms. The van der Waals surface area contributed by atoms with Gasteiger partial charge >= 0.3 is 6.18 Å². The Morgan fingerprint density at radius 1 is 1.25 bits per heavy atom. The molecule has 1 N–H and O–H groups in total. The topological polar surface area (TPSA) is 34.2 Å². The van der Waals surface area contributed by atoms with Crippen LogP contribution < -0.4 is 5.32 Å². The lowest BCUT2D eigenvalue weighted by atomic mass is 9.94. The minimum Gasteiger partial charge on any atom is -0.378 e. The summed E-state index contributed by atoms with van der Waals surface area (Å²) in [4.78, 5) is 3.45. The first-order valence-corrected chi connectivity index (χ1v) is 6.50. The van der Waals surface area contributed by atoms with E-state index in [1.807, 2.05) is 27.7 Å². The molecule has 2 heterocycles. The zero-order chi connectivity index (χ0) is 15.2. The van der Waals surface area contributed by atoms with E-state index >= 15 is 0 Å². The molecule has 0 aliphatic carbocycles. The van der Waals surface area contributed by atoms with Gasteiger partial charge in [-0.05, 0) is 46.2 Å². The molecule has 1 atom stereocenters. The number of anilines is 1. The van der Waals surface area contributed by atoms with Crippen LogP contribution in [-0.4, -0.2) is 22.2 Å². The largest absolute Gasteiger partial charge is 0.433 e. The maximum absolute atomic E-state index is 12.4. The Kier molecular flexibility index (Phi) is 3.48. The highest BCUT2D eigenvalue weighted by Gasteiger charge is 2.45. The van der Waals surface area contributed by atoms with Crippen LogP contribution in [0, 0.1) is 0 Å². The SMILES string of the molecule is CC1(C)CC(Nc2ccc(C(F)(F)F)nc2)C(C)(C)O1. The molecule has 0 aromatic carbocycles. The highest BCUT2D eigenvalue weighted by Crippen LogP contribution is 2.39. The summed E-state index contributed by atoms with van der Waals surface area (Å²) in [5, 5.41) is 3.21. The van der Waals surface area contributed by atoms with Crippen molar-refractivity contribution in [3.63, 3.8) is 0 Å². The Bertz CT molecular complexity index is 480. The number of aromatic nitrogens is 1. The summed E-state index contributed by atoms with van der Waals surface area (Å²) >= 11 is 0. The predicted octanol–water partition coefficient (Wildman–Crippen LogP) is 3.86. The number of halogens is 3. The van der Waals surface area contributed by atoms with Crippen LogP contribution in [0.25, 0.3) is 0 Å². The number of alkyl halides is 3. The van der Waals surface area contributed by atoms with Crippen molar-refractivity contribution in [1.82, 2.24) is 4.98 Å². The zero-order valence-corrected chi connectivity index (χ0v) is 12.0.